The number of rotatable bonds is 9. The number of carbonyl (C=O) groups is 4. The van der Waals surface area contributed by atoms with Gasteiger partial charge in [0, 0.05) is 16.9 Å². The number of ether oxygens (including phenoxy) is 3. The highest BCUT2D eigenvalue weighted by Gasteiger charge is 2.30. The zero-order chi connectivity index (χ0) is 30.2. The quantitative estimate of drug-likeness (QED) is 0.127. The van der Waals surface area contributed by atoms with Gasteiger partial charge in [-0.25, -0.2) is 14.4 Å². The Balaban J connectivity index is 1.38. The second-order valence-electron chi connectivity index (χ2n) is 10.8. The van der Waals surface area contributed by atoms with Gasteiger partial charge in [-0.15, -0.1) is 0 Å². The number of cyclic esters (lactones) is 2. The highest BCUT2D eigenvalue weighted by Crippen LogP contribution is 2.37. The highest BCUT2D eigenvalue weighted by molar-refractivity contribution is 6.14. The van der Waals surface area contributed by atoms with Crippen LogP contribution in [0.1, 0.15) is 80.3 Å². The Morgan fingerprint density at radius 2 is 1.21 bits per heavy atom. The molecule has 4 aromatic carbocycles. The first-order chi connectivity index (χ1) is 19.9. The molecule has 212 valence electrons. The summed E-state index contributed by atoms with van der Waals surface area (Å²) in [4.78, 5) is 48.0. The average molecular weight is 565 g/mol. The summed E-state index contributed by atoms with van der Waals surface area (Å²) < 4.78 is 16.7. The maximum absolute atomic E-state index is 12.5. The van der Waals surface area contributed by atoms with Crippen molar-refractivity contribution in [2.75, 3.05) is 0 Å². The molecule has 0 saturated heterocycles. The number of benzene rings is 4. The summed E-state index contributed by atoms with van der Waals surface area (Å²) in [5.41, 5.74) is 1.80. The van der Waals surface area contributed by atoms with Gasteiger partial charge in [-0.2, -0.15) is 0 Å². The maximum atomic E-state index is 12.5. The average Bonchev–Trinajstić information content (AvgIpc) is 3.25. The lowest BCUT2D eigenvalue weighted by molar-refractivity contribution is 0.0442. The summed E-state index contributed by atoms with van der Waals surface area (Å²) in [7, 11) is 0. The van der Waals surface area contributed by atoms with Crippen molar-refractivity contribution in [1.29, 1.82) is 0 Å². The van der Waals surface area contributed by atoms with E-state index < -0.39 is 23.3 Å². The summed E-state index contributed by atoms with van der Waals surface area (Å²) in [6.45, 7) is 7.55. The summed E-state index contributed by atoms with van der Waals surface area (Å²) in [6.07, 6.45) is 0. The van der Waals surface area contributed by atoms with Crippen LogP contribution in [-0.4, -0.2) is 28.8 Å². The fraction of sp³-hybridized carbons (Fsp3) is 0.176. The monoisotopic (exact) mass is 564 g/mol. The predicted octanol–water partition coefficient (Wildman–Crippen LogP) is 7.44. The Morgan fingerprint density at radius 3 is 1.79 bits per heavy atom. The van der Waals surface area contributed by atoms with Crippen LogP contribution in [0, 0.1) is 5.92 Å². The van der Waals surface area contributed by atoms with E-state index in [2.05, 4.69) is 18.6 Å². The van der Waals surface area contributed by atoms with E-state index in [1.54, 1.807) is 38.1 Å². The van der Waals surface area contributed by atoms with Gasteiger partial charge in [-0.1, -0.05) is 52.0 Å². The first kappa shape index (κ1) is 28.3. The number of hydrogen-bond acceptors (Lipinski definition) is 7. The van der Waals surface area contributed by atoms with Crippen LogP contribution in [0.25, 0.3) is 0 Å². The van der Waals surface area contributed by atoms with E-state index in [-0.39, 0.29) is 34.0 Å². The van der Waals surface area contributed by atoms with E-state index in [9.17, 15) is 24.3 Å². The number of fused-ring (bicyclic) bond motifs is 1. The van der Waals surface area contributed by atoms with Crippen molar-refractivity contribution < 1.29 is 38.5 Å². The Kier molecular flexibility index (Phi) is 7.39. The largest absolute Gasteiger partial charge is 0.478 e. The summed E-state index contributed by atoms with van der Waals surface area (Å²) in [5.74, 6) is -1.40. The summed E-state index contributed by atoms with van der Waals surface area (Å²) >= 11 is 0. The van der Waals surface area contributed by atoms with E-state index in [1.807, 2.05) is 36.4 Å². The van der Waals surface area contributed by atoms with Crippen molar-refractivity contribution in [1.82, 2.24) is 0 Å². The topological polar surface area (TPSA) is 116 Å². The second kappa shape index (κ2) is 11.0. The van der Waals surface area contributed by atoms with Crippen molar-refractivity contribution in [2.45, 2.75) is 33.1 Å². The predicted molar refractivity (Wildman–Crippen MR) is 154 cm³/mol. The molecule has 0 aliphatic carbocycles. The summed E-state index contributed by atoms with van der Waals surface area (Å²) in [5, 5.41) is 9.69. The fourth-order valence-electron chi connectivity index (χ4n) is 4.75. The van der Waals surface area contributed by atoms with E-state index in [0.29, 0.717) is 23.0 Å². The third kappa shape index (κ3) is 5.51. The number of carboxylic acids is 1. The first-order valence-corrected chi connectivity index (χ1v) is 13.3. The molecule has 0 atom stereocenters. The number of hydrogen-bond donors (Lipinski definition) is 1. The molecule has 0 bridgehead atoms. The molecule has 8 nitrogen and oxygen atoms in total. The highest BCUT2D eigenvalue weighted by atomic mass is 16.6. The number of esters is 2. The van der Waals surface area contributed by atoms with Gasteiger partial charge < -0.3 is 19.3 Å². The second-order valence-corrected chi connectivity index (χ2v) is 10.8. The molecule has 0 radical (unpaired) electrons. The van der Waals surface area contributed by atoms with E-state index >= 15 is 0 Å². The third-order valence-electron chi connectivity index (χ3n) is 7.21. The van der Waals surface area contributed by atoms with Crippen LogP contribution in [0.4, 0.5) is 0 Å². The molecule has 42 heavy (non-hydrogen) atoms. The number of carboxylic acid groups (broad SMARTS) is 1. The molecule has 1 heterocycles. The van der Waals surface area contributed by atoms with Crippen molar-refractivity contribution in [3.63, 3.8) is 0 Å². The molecule has 0 unspecified atom stereocenters. The van der Waals surface area contributed by atoms with Crippen molar-refractivity contribution in [3.05, 3.63) is 118 Å². The lowest BCUT2D eigenvalue weighted by Crippen LogP contribution is -2.18. The number of Topliss-reactive ketones (excluding diaryl/α,β-unsaturated/α-hetero) is 1. The minimum atomic E-state index is -1.20. The standard InChI is InChI=1S/C34H28O8/c1-19(2)30(35)26-13-11-24(17-28(26)31(36)37)40-22-9-5-7-20(15-22)34(3,4)21-8-6-10-23(16-21)41-25-12-14-27-29(18-25)33(39)42-32(27)38/h5-19H,1-4H3,(H,36,37). The molecule has 4 aromatic rings. The molecule has 0 spiro atoms. The van der Waals surface area contributed by atoms with Crippen LogP contribution in [0.2, 0.25) is 0 Å². The Morgan fingerprint density at radius 1 is 0.690 bits per heavy atom. The molecule has 1 N–H and O–H groups in total. The fourth-order valence-corrected chi connectivity index (χ4v) is 4.75. The van der Waals surface area contributed by atoms with Crippen LogP contribution in [0.5, 0.6) is 23.0 Å². The van der Waals surface area contributed by atoms with Crippen molar-refractivity contribution in [3.8, 4) is 23.0 Å². The molecular formula is C34H28O8. The molecule has 0 aromatic heterocycles. The minimum absolute atomic E-state index is 0.105. The third-order valence-corrected chi connectivity index (χ3v) is 7.21. The van der Waals surface area contributed by atoms with Crippen LogP contribution < -0.4 is 9.47 Å². The molecule has 0 amide bonds. The van der Waals surface area contributed by atoms with Gasteiger partial charge in [0.25, 0.3) is 0 Å². The van der Waals surface area contributed by atoms with E-state index in [0.717, 1.165) is 11.1 Å². The van der Waals surface area contributed by atoms with Gasteiger partial charge in [0.1, 0.15) is 23.0 Å². The van der Waals surface area contributed by atoms with Gasteiger partial charge in [0.15, 0.2) is 5.78 Å². The van der Waals surface area contributed by atoms with E-state index in [4.69, 9.17) is 9.47 Å². The van der Waals surface area contributed by atoms with Crippen LogP contribution in [0.15, 0.2) is 84.9 Å². The van der Waals surface area contributed by atoms with Crippen molar-refractivity contribution >= 4 is 23.7 Å². The zero-order valence-corrected chi connectivity index (χ0v) is 23.5. The molecule has 8 heteroatoms. The maximum Gasteiger partial charge on any atom is 0.347 e. The number of ketones is 1. The Bertz CT molecular complexity index is 1750. The van der Waals surface area contributed by atoms with Crippen LogP contribution in [-0.2, 0) is 10.2 Å². The van der Waals surface area contributed by atoms with Gasteiger partial charge in [0.2, 0.25) is 0 Å². The van der Waals surface area contributed by atoms with Gasteiger partial charge in [-0.3, -0.25) is 4.79 Å². The lowest BCUT2D eigenvalue weighted by Gasteiger charge is -2.27. The smallest absolute Gasteiger partial charge is 0.347 e. The lowest BCUT2D eigenvalue weighted by atomic mass is 9.78. The van der Waals surface area contributed by atoms with Gasteiger partial charge in [0.05, 0.1) is 16.7 Å². The molecule has 0 fully saturated rings. The minimum Gasteiger partial charge on any atom is -0.478 e. The van der Waals surface area contributed by atoms with Gasteiger partial charge >= 0.3 is 17.9 Å². The van der Waals surface area contributed by atoms with Gasteiger partial charge in [-0.05, 0) is 71.8 Å². The zero-order valence-electron chi connectivity index (χ0n) is 23.5. The first-order valence-electron chi connectivity index (χ1n) is 13.3. The molecular weight excluding hydrogens is 536 g/mol. The molecule has 5 rings (SSSR count). The van der Waals surface area contributed by atoms with Crippen molar-refractivity contribution in [2.24, 2.45) is 5.92 Å². The normalized spacial score (nSPS) is 12.6. The number of carbonyl (C=O) groups excluding carboxylic acids is 3. The Hall–Kier alpha value is -5.24. The summed E-state index contributed by atoms with van der Waals surface area (Å²) in [6, 6.07) is 24.1. The molecule has 1 aliphatic heterocycles. The van der Waals surface area contributed by atoms with Crippen LogP contribution >= 0.6 is 0 Å². The van der Waals surface area contributed by atoms with Crippen LogP contribution in [0.3, 0.4) is 0 Å². The Labute approximate surface area is 242 Å². The SMILES string of the molecule is CC(C)C(=O)c1ccc(Oc2cccc(C(C)(C)c3cccc(Oc4ccc5c(c4)C(=O)OC5=O)c3)c2)cc1C(=O)O. The molecule has 1 aliphatic rings. The number of aromatic carboxylic acids is 1. The molecule has 0 saturated carbocycles. The van der Waals surface area contributed by atoms with E-state index in [1.165, 1.54) is 24.3 Å².